The number of hydrogen-bond donors (Lipinski definition) is 2. The molecule has 0 radical (unpaired) electrons. The predicted octanol–water partition coefficient (Wildman–Crippen LogP) is 2.67. The van der Waals surface area contributed by atoms with E-state index >= 15 is 0 Å². The van der Waals surface area contributed by atoms with E-state index in [-0.39, 0.29) is 0 Å². The van der Waals surface area contributed by atoms with Crippen LogP contribution in [0.4, 0.5) is 0 Å². The maximum Gasteiger partial charge on any atom is 0.00671 e. The molecule has 0 aliphatic heterocycles. The molecule has 0 aromatic heterocycles. The van der Waals surface area contributed by atoms with Crippen molar-refractivity contribution < 1.29 is 0 Å². The van der Waals surface area contributed by atoms with Crippen LogP contribution in [0.2, 0.25) is 0 Å². The summed E-state index contributed by atoms with van der Waals surface area (Å²) in [5.74, 6) is 1.65. The van der Waals surface area contributed by atoms with Crippen molar-refractivity contribution in [3.8, 4) is 0 Å². The first-order valence-corrected chi connectivity index (χ1v) is 7.33. The van der Waals surface area contributed by atoms with Gasteiger partial charge in [0.25, 0.3) is 0 Å². The van der Waals surface area contributed by atoms with Gasteiger partial charge in [-0.05, 0) is 37.8 Å². The van der Waals surface area contributed by atoms with E-state index in [1.54, 1.807) is 0 Å². The van der Waals surface area contributed by atoms with Crippen molar-refractivity contribution >= 4 is 0 Å². The van der Waals surface area contributed by atoms with E-state index in [9.17, 15) is 0 Å². The van der Waals surface area contributed by atoms with Gasteiger partial charge in [0, 0.05) is 6.04 Å². The highest BCUT2D eigenvalue weighted by Crippen LogP contribution is 2.29. The van der Waals surface area contributed by atoms with Crippen LogP contribution in [0, 0.1) is 11.8 Å². The Balaban J connectivity index is 1.70. The van der Waals surface area contributed by atoms with Crippen LogP contribution >= 0.6 is 0 Å². The Hall–Kier alpha value is -0.0800. The summed E-state index contributed by atoms with van der Waals surface area (Å²) in [4.78, 5) is 0. The summed E-state index contributed by atoms with van der Waals surface area (Å²) in [6, 6.07) is 0.803. The lowest BCUT2D eigenvalue weighted by molar-refractivity contribution is 0.240. The molecule has 0 heterocycles. The van der Waals surface area contributed by atoms with Gasteiger partial charge in [-0.2, -0.15) is 0 Å². The maximum absolute atomic E-state index is 5.95. The molecule has 0 bridgehead atoms. The van der Waals surface area contributed by atoms with Crippen LogP contribution in [0.3, 0.4) is 0 Å². The molecule has 3 N–H and O–H groups in total. The van der Waals surface area contributed by atoms with Crippen molar-refractivity contribution in [3.63, 3.8) is 0 Å². The minimum Gasteiger partial charge on any atom is -0.330 e. The van der Waals surface area contributed by atoms with Crippen LogP contribution in [0.5, 0.6) is 0 Å². The smallest absolute Gasteiger partial charge is 0.00671 e. The largest absolute Gasteiger partial charge is 0.330 e. The molecule has 0 amide bonds. The fourth-order valence-corrected chi connectivity index (χ4v) is 3.50. The second kappa shape index (κ2) is 6.61. The summed E-state index contributed by atoms with van der Waals surface area (Å²) in [5, 5.41) is 3.75. The summed E-state index contributed by atoms with van der Waals surface area (Å²) in [5.41, 5.74) is 5.95. The van der Waals surface area contributed by atoms with E-state index in [2.05, 4.69) is 5.32 Å². The van der Waals surface area contributed by atoms with Crippen molar-refractivity contribution in [3.05, 3.63) is 0 Å². The molecule has 2 saturated carbocycles. The standard InChI is InChI=1S/C14H28N2/c15-10-13(12-6-2-1-3-7-12)11-16-14-8-4-5-9-14/h12-14,16H,1-11,15H2. The van der Waals surface area contributed by atoms with Gasteiger partial charge in [-0.25, -0.2) is 0 Å². The van der Waals surface area contributed by atoms with E-state index < -0.39 is 0 Å². The first kappa shape index (κ1) is 12.4. The Labute approximate surface area is 100 Å². The molecule has 2 fully saturated rings. The summed E-state index contributed by atoms with van der Waals surface area (Å²) in [6.45, 7) is 2.05. The number of nitrogens with one attached hydrogen (secondary N) is 1. The Morgan fingerprint density at radius 1 is 0.938 bits per heavy atom. The van der Waals surface area contributed by atoms with E-state index in [0.29, 0.717) is 0 Å². The Morgan fingerprint density at radius 3 is 2.19 bits per heavy atom. The van der Waals surface area contributed by atoms with E-state index in [4.69, 9.17) is 5.73 Å². The van der Waals surface area contributed by atoms with Crippen molar-refractivity contribution in [2.24, 2.45) is 17.6 Å². The second-order valence-electron chi connectivity index (χ2n) is 5.78. The van der Waals surface area contributed by atoms with Crippen LogP contribution in [0.25, 0.3) is 0 Å². The molecule has 2 heteroatoms. The third-order valence-electron chi connectivity index (χ3n) is 4.64. The molecular weight excluding hydrogens is 196 g/mol. The SMILES string of the molecule is NCC(CNC1CCCC1)C1CCCCC1. The summed E-state index contributed by atoms with van der Waals surface area (Å²) >= 11 is 0. The van der Waals surface area contributed by atoms with Crippen LogP contribution < -0.4 is 11.1 Å². The zero-order valence-corrected chi connectivity index (χ0v) is 10.6. The third-order valence-corrected chi connectivity index (χ3v) is 4.64. The quantitative estimate of drug-likeness (QED) is 0.753. The van der Waals surface area contributed by atoms with Crippen LogP contribution in [-0.2, 0) is 0 Å². The fraction of sp³-hybridized carbons (Fsp3) is 1.00. The van der Waals surface area contributed by atoms with Gasteiger partial charge in [0.2, 0.25) is 0 Å². The van der Waals surface area contributed by atoms with Crippen molar-refractivity contribution in [2.45, 2.75) is 63.8 Å². The molecular formula is C14H28N2. The van der Waals surface area contributed by atoms with Gasteiger partial charge in [-0.15, -0.1) is 0 Å². The van der Waals surface area contributed by atoms with Crippen LogP contribution in [0.15, 0.2) is 0 Å². The van der Waals surface area contributed by atoms with Gasteiger partial charge >= 0.3 is 0 Å². The third kappa shape index (κ3) is 3.46. The van der Waals surface area contributed by atoms with E-state index in [1.807, 2.05) is 0 Å². The zero-order chi connectivity index (χ0) is 11.2. The topological polar surface area (TPSA) is 38.0 Å². The average molecular weight is 224 g/mol. The zero-order valence-electron chi connectivity index (χ0n) is 10.6. The minimum atomic E-state index is 0.737. The van der Waals surface area contributed by atoms with Crippen molar-refractivity contribution in [1.29, 1.82) is 0 Å². The number of rotatable bonds is 5. The lowest BCUT2D eigenvalue weighted by Gasteiger charge is -2.30. The normalized spacial score (nSPS) is 26.1. The summed E-state index contributed by atoms with van der Waals surface area (Å²) in [7, 11) is 0. The number of nitrogens with two attached hydrogens (primary N) is 1. The molecule has 0 aromatic carbocycles. The maximum atomic E-state index is 5.95. The molecule has 2 aliphatic rings. The molecule has 16 heavy (non-hydrogen) atoms. The molecule has 0 spiro atoms. The van der Waals surface area contributed by atoms with Gasteiger partial charge in [0.05, 0.1) is 0 Å². The van der Waals surface area contributed by atoms with Gasteiger partial charge in [-0.3, -0.25) is 0 Å². The molecule has 0 saturated heterocycles. The average Bonchev–Trinajstić information content (AvgIpc) is 2.84. The molecule has 94 valence electrons. The van der Waals surface area contributed by atoms with Crippen molar-refractivity contribution in [1.82, 2.24) is 5.32 Å². The molecule has 2 aliphatic carbocycles. The highest BCUT2D eigenvalue weighted by atomic mass is 14.9. The van der Waals surface area contributed by atoms with Gasteiger partial charge in [0.15, 0.2) is 0 Å². The molecule has 1 unspecified atom stereocenters. The van der Waals surface area contributed by atoms with Gasteiger partial charge < -0.3 is 11.1 Å². The monoisotopic (exact) mass is 224 g/mol. The van der Waals surface area contributed by atoms with E-state index in [1.165, 1.54) is 64.3 Å². The van der Waals surface area contributed by atoms with Crippen LogP contribution in [-0.4, -0.2) is 19.1 Å². The fourth-order valence-electron chi connectivity index (χ4n) is 3.50. The molecule has 2 rings (SSSR count). The lowest BCUT2D eigenvalue weighted by atomic mass is 9.80. The minimum absolute atomic E-state index is 0.737. The summed E-state index contributed by atoms with van der Waals surface area (Å²) < 4.78 is 0. The first-order chi connectivity index (χ1) is 7.90. The Morgan fingerprint density at radius 2 is 1.56 bits per heavy atom. The molecule has 0 aromatic rings. The highest BCUT2D eigenvalue weighted by molar-refractivity contribution is 4.80. The lowest BCUT2D eigenvalue weighted by Crippen LogP contribution is -2.38. The molecule has 1 atom stereocenters. The van der Waals surface area contributed by atoms with Crippen molar-refractivity contribution in [2.75, 3.05) is 13.1 Å². The number of hydrogen-bond acceptors (Lipinski definition) is 2. The van der Waals surface area contributed by atoms with Crippen LogP contribution in [0.1, 0.15) is 57.8 Å². The van der Waals surface area contributed by atoms with E-state index in [0.717, 1.165) is 24.4 Å². The first-order valence-electron chi connectivity index (χ1n) is 7.33. The Kier molecular flexibility index (Phi) is 5.11. The second-order valence-corrected chi connectivity index (χ2v) is 5.78. The molecule has 2 nitrogen and oxygen atoms in total. The highest BCUT2D eigenvalue weighted by Gasteiger charge is 2.23. The van der Waals surface area contributed by atoms with Gasteiger partial charge in [0.1, 0.15) is 0 Å². The predicted molar refractivity (Wildman–Crippen MR) is 69.4 cm³/mol. The Bertz CT molecular complexity index is 181. The van der Waals surface area contributed by atoms with Gasteiger partial charge in [-0.1, -0.05) is 44.9 Å². The summed E-state index contributed by atoms with van der Waals surface area (Å²) in [6.07, 6.45) is 12.8.